The topological polar surface area (TPSA) is 98.8 Å². The second-order valence-corrected chi connectivity index (χ2v) is 4.88. The van der Waals surface area contributed by atoms with Crippen molar-refractivity contribution in [3.8, 4) is 0 Å². The molecule has 2 aliphatic rings. The van der Waals surface area contributed by atoms with Gasteiger partial charge in [0.15, 0.2) is 0 Å². The van der Waals surface area contributed by atoms with E-state index in [-0.39, 0.29) is 38.1 Å². The third kappa shape index (κ3) is 2.74. The predicted molar refractivity (Wildman–Crippen MR) is 64.1 cm³/mol. The molecular weight excluding hydrogens is 252 g/mol. The van der Waals surface area contributed by atoms with Gasteiger partial charge in [0.2, 0.25) is 0 Å². The SMILES string of the molecule is CCCC1OC1NCCC(=O)[N+]1([O-])C(=O)CCC1=O. The van der Waals surface area contributed by atoms with Gasteiger partial charge in [-0.25, -0.2) is 14.4 Å². The highest BCUT2D eigenvalue weighted by atomic mass is 16.6. The Hall–Kier alpha value is -1.15. The first-order valence-electron chi connectivity index (χ1n) is 6.59. The van der Waals surface area contributed by atoms with Crippen molar-refractivity contribution in [2.75, 3.05) is 6.54 Å². The molecule has 7 heteroatoms. The van der Waals surface area contributed by atoms with Crippen LogP contribution in [0.3, 0.4) is 0 Å². The van der Waals surface area contributed by atoms with Crippen LogP contribution in [0.5, 0.6) is 0 Å². The van der Waals surface area contributed by atoms with E-state index in [0.29, 0.717) is 0 Å². The van der Waals surface area contributed by atoms with Crippen molar-refractivity contribution >= 4 is 17.7 Å². The molecule has 0 radical (unpaired) electrons. The molecule has 1 N–H and O–H groups in total. The predicted octanol–water partition coefficient (Wildman–Crippen LogP) is 0.179. The average Bonchev–Trinajstić information content (AvgIpc) is 3.06. The van der Waals surface area contributed by atoms with Crippen molar-refractivity contribution in [1.82, 2.24) is 5.32 Å². The average molecular weight is 270 g/mol. The molecule has 2 atom stereocenters. The van der Waals surface area contributed by atoms with Gasteiger partial charge in [0.1, 0.15) is 6.23 Å². The summed E-state index contributed by atoms with van der Waals surface area (Å²) in [6.45, 7) is 2.30. The summed E-state index contributed by atoms with van der Waals surface area (Å²) in [4.78, 5) is 34.5. The molecule has 2 aliphatic heterocycles. The fraction of sp³-hybridized carbons (Fsp3) is 0.750. The summed E-state index contributed by atoms with van der Waals surface area (Å²) in [5.41, 5.74) is 0. The molecule has 19 heavy (non-hydrogen) atoms. The lowest BCUT2D eigenvalue weighted by molar-refractivity contribution is -0.641. The number of hydrogen-bond donors (Lipinski definition) is 1. The zero-order chi connectivity index (χ0) is 14.0. The van der Waals surface area contributed by atoms with Crippen LogP contribution in [0, 0.1) is 5.21 Å². The highest BCUT2D eigenvalue weighted by Gasteiger charge is 2.48. The first kappa shape index (κ1) is 14.3. The molecular formula is C12H18N2O5. The van der Waals surface area contributed by atoms with E-state index in [1.165, 1.54) is 0 Å². The number of imide groups is 3. The van der Waals surface area contributed by atoms with Crippen LogP contribution in [0.4, 0.5) is 0 Å². The minimum atomic E-state index is -1.91. The molecule has 106 valence electrons. The van der Waals surface area contributed by atoms with Crippen molar-refractivity contribution in [2.45, 2.75) is 51.4 Å². The Labute approximate surface area is 111 Å². The summed E-state index contributed by atoms with van der Waals surface area (Å²) in [5, 5.41) is 14.9. The fourth-order valence-electron chi connectivity index (χ4n) is 2.25. The van der Waals surface area contributed by atoms with Gasteiger partial charge in [-0.15, -0.1) is 0 Å². The number of nitrogens with zero attached hydrogens (tertiary/aromatic N) is 1. The van der Waals surface area contributed by atoms with Gasteiger partial charge in [-0.05, 0) is 6.42 Å². The monoisotopic (exact) mass is 270 g/mol. The normalized spacial score (nSPS) is 28.7. The lowest BCUT2D eigenvalue weighted by atomic mass is 10.2. The first-order valence-corrected chi connectivity index (χ1v) is 6.59. The molecule has 0 aliphatic carbocycles. The maximum absolute atomic E-state index is 12.0. The smallest absolute Gasteiger partial charge is 0.329 e. The van der Waals surface area contributed by atoms with Gasteiger partial charge >= 0.3 is 17.7 Å². The number of epoxide rings is 1. The first-order chi connectivity index (χ1) is 9.00. The van der Waals surface area contributed by atoms with Crippen molar-refractivity contribution in [3.05, 3.63) is 5.21 Å². The molecule has 0 aromatic heterocycles. The minimum Gasteiger partial charge on any atom is -0.610 e. The van der Waals surface area contributed by atoms with Gasteiger partial charge in [0.05, 0.1) is 25.4 Å². The fourth-order valence-corrected chi connectivity index (χ4v) is 2.25. The number of likely N-dealkylation sites (tertiary alicyclic amines) is 1. The number of hydrogen-bond acceptors (Lipinski definition) is 6. The zero-order valence-corrected chi connectivity index (χ0v) is 10.9. The van der Waals surface area contributed by atoms with Gasteiger partial charge < -0.3 is 9.94 Å². The Bertz CT molecular complexity index is 393. The largest absolute Gasteiger partial charge is 0.610 e. The van der Waals surface area contributed by atoms with Crippen LogP contribution in [0.25, 0.3) is 0 Å². The van der Waals surface area contributed by atoms with E-state index in [1.54, 1.807) is 0 Å². The Balaban J connectivity index is 1.76. The molecule has 0 bridgehead atoms. The number of carbonyl (C=O) groups is 3. The number of rotatable bonds is 6. The highest BCUT2D eigenvalue weighted by Crippen LogP contribution is 2.25. The van der Waals surface area contributed by atoms with Gasteiger partial charge in [0, 0.05) is 6.54 Å². The third-order valence-corrected chi connectivity index (χ3v) is 3.45. The molecule has 3 amide bonds. The van der Waals surface area contributed by atoms with Crippen LogP contribution in [0.1, 0.15) is 39.0 Å². The second-order valence-electron chi connectivity index (χ2n) is 4.88. The lowest BCUT2D eigenvalue weighted by Crippen LogP contribution is -2.52. The molecule has 2 saturated heterocycles. The maximum Gasteiger partial charge on any atom is 0.329 e. The Kier molecular flexibility index (Phi) is 4.10. The second kappa shape index (κ2) is 5.46. The van der Waals surface area contributed by atoms with Crippen LogP contribution < -0.4 is 5.32 Å². The van der Waals surface area contributed by atoms with Crippen molar-refractivity contribution in [2.24, 2.45) is 0 Å². The molecule has 2 unspecified atom stereocenters. The van der Waals surface area contributed by atoms with Gasteiger partial charge in [-0.2, -0.15) is 4.65 Å². The quantitative estimate of drug-likeness (QED) is 0.320. The minimum absolute atomic E-state index is 0.0715. The van der Waals surface area contributed by atoms with E-state index < -0.39 is 22.4 Å². The van der Waals surface area contributed by atoms with E-state index in [4.69, 9.17) is 4.74 Å². The zero-order valence-electron chi connectivity index (χ0n) is 10.9. The number of ether oxygens (including phenoxy) is 1. The van der Waals surface area contributed by atoms with Crippen LogP contribution in [-0.2, 0) is 19.1 Å². The molecule has 0 aromatic rings. The summed E-state index contributed by atoms with van der Waals surface area (Å²) in [6, 6.07) is 0. The van der Waals surface area contributed by atoms with Crippen LogP contribution in [0.2, 0.25) is 0 Å². The summed E-state index contributed by atoms with van der Waals surface area (Å²) in [7, 11) is 0. The molecule has 2 fully saturated rings. The Morgan fingerprint density at radius 2 is 2.05 bits per heavy atom. The number of amides is 3. The summed E-state index contributed by atoms with van der Waals surface area (Å²) in [6.07, 6.45) is 1.66. The van der Waals surface area contributed by atoms with E-state index in [1.807, 2.05) is 0 Å². The summed E-state index contributed by atoms with van der Waals surface area (Å²) < 4.78 is 3.38. The van der Waals surface area contributed by atoms with Crippen molar-refractivity contribution in [1.29, 1.82) is 0 Å². The van der Waals surface area contributed by atoms with Crippen LogP contribution in [-0.4, -0.2) is 41.2 Å². The standard InChI is InChI=1S/C12H18N2O5/c1-2-3-8-12(19-8)13-7-6-11(17)14(18)9(15)4-5-10(14)16/h8,12-13H,2-7H2,1H3. The molecule has 2 heterocycles. The van der Waals surface area contributed by atoms with Crippen molar-refractivity contribution < 1.29 is 23.8 Å². The number of quaternary nitrogens is 1. The highest BCUT2D eigenvalue weighted by molar-refractivity contribution is 6.02. The van der Waals surface area contributed by atoms with E-state index in [9.17, 15) is 19.6 Å². The van der Waals surface area contributed by atoms with Crippen LogP contribution >= 0.6 is 0 Å². The lowest BCUT2D eigenvalue weighted by Gasteiger charge is -2.29. The number of nitrogens with one attached hydrogen (secondary N) is 1. The molecule has 2 rings (SSSR count). The summed E-state index contributed by atoms with van der Waals surface area (Å²) >= 11 is 0. The van der Waals surface area contributed by atoms with Gasteiger partial charge in [-0.3, -0.25) is 5.32 Å². The van der Waals surface area contributed by atoms with E-state index >= 15 is 0 Å². The molecule has 0 saturated carbocycles. The Morgan fingerprint density at radius 3 is 2.63 bits per heavy atom. The van der Waals surface area contributed by atoms with E-state index in [0.717, 1.165) is 12.8 Å². The number of carbonyl (C=O) groups excluding carboxylic acids is 3. The van der Waals surface area contributed by atoms with Gasteiger partial charge in [0.25, 0.3) is 0 Å². The molecule has 0 aromatic carbocycles. The van der Waals surface area contributed by atoms with Gasteiger partial charge in [-0.1, -0.05) is 13.3 Å². The third-order valence-electron chi connectivity index (χ3n) is 3.45. The van der Waals surface area contributed by atoms with Crippen molar-refractivity contribution in [3.63, 3.8) is 0 Å². The number of hydroxylamine groups is 3. The summed E-state index contributed by atoms with van der Waals surface area (Å²) in [5.74, 6) is -2.57. The Morgan fingerprint density at radius 1 is 1.42 bits per heavy atom. The van der Waals surface area contributed by atoms with E-state index in [2.05, 4.69) is 12.2 Å². The van der Waals surface area contributed by atoms with Crippen LogP contribution in [0.15, 0.2) is 0 Å². The molecule has 7 nitrogen and oxygen atoms in total. The molecule has 0 spiro atoms. The maximum atomic E-state index is 12.0.